The maximum absolute atomic E-state index is 11.2. The second-order valence-electron chi connectivity index (χ2n) is 3.88. The van der Waals surface area contributed by atoms with E-state index >= 15 is 0 Å². The van der Waals surface area contributed by atoms with Gasteiger partial charge in [-0.1, -0.05) is 0 Å². The third kappa shape index (κ3) is 5.72. The summed E-state index contributed by atoms with van der Waals surface area (Å²) < 4.78 is 8.76. The van der Waals surface area contributed by atoms with Crippen LogP contribution in [0.1, 0.15) is 13.8 Å². The van der Waals surface area contributed by atoms with Gasteiger partial charge in [-0.3, -0.25) is 19.2 Å². The largest absolute Gasteiger partial charge is 0.465 e. The van der Waals surface area contributed by atoms with Crippen LogP contribution in [0.5, 0.6) is 0 Å². The van der Waals surface area contributed by atoms with Crippen molar-refractivity contribution in [2.45, 2.75) is 32.2 Å². The van der Waals surface area contributed by atoms with Crippen molar-refractivity contribution in [3.05, 3.63) is 11.6 Å². The van der Waals surface area contributed by atoms with Crippen LogP contribution in [0.15, 0.2) is 11.6 Å². The smallest absolute Gasteiger partial charge is 0.293 e. The number of carbonyl (C=O) groups excluding carboxylic acids is 4. The lowest BCUT2D eigenvalue weighted by molar-refractivity contribution is -0.152. The standard InChI is InChI=1S/C12H16O8/c1-7(15)9(8(2)16)3-10(17)12(20-6-14)11(18)4-19-5-13/h3,5-6,10-12,17-18H,4H2,1-2H3. The number of ketones is 2. The Labute approximate surface area is 115 Å². The zero-order valence-corrected chi connectivity index (χ0v) is 11.0. The summed E-state index contributed by atoms with van der Waals surface area (Å²) in [5, 5.41) is 19.4. The number of rotatable bonds is 10. The fraction of sp³-hybridized carbons (Fsp3) is 0.500. The number of aliphatic hydroxyl groups excluding tert-OH is 2. The summed E-state index contributed by atoms with van der Waals surface area (Å²) in [5.74, 6) is -1.17. The van der Waals surface area contributed by atoms with Gasteiger partial charge in [-0.15, -0.1) is 0 Å². The predicted molar refractivity (Wildman–Crippen MR) is 64.4 cm³/mol. The van der Waals surface area contributed by atoms with Crippen LogP contribution in [0.4, 0.5) is 0 Å². The molecule has 0 aromatic carbocycles. The van der Waals surface area contributed by atoms with E-state index in [1.54, 1.807) is 0 Å². The Morgan fingerprint density at radius 2 is 1.65 bits per heavy atom. The molecule has 0 saturated heterocycles. The number of ether oxygens (including phenoxy) is 2. The molecule has 20 heavy (non-hydrogen) atoms. The van der Waals surface area contributed by atoms with Crippen LogP contribution in [0, 0.1) is 0 Å². The quantitative estimate of drug-likeness (QED) is 0.216. The van der Waals surface area contributed by atoms with Gasteiger partial charge in [-0.05, 0) is 19.9 Å². The number of carbonyl (C=O) groups is 4. The van der Waals surface area contributed by atoms with E-state index in [1.165, 1.54) is 0 Å². The van der Waals surface area contributed by atoms with Crippen molar-refractivity contribution in [3.63, 3.8) is 0 Å². The van der Waals surface area contributed by atoms with E-state index in [1.807, 2.05) is 0 Å². The first-order chi connectivity index (χ1) is 9.34. The second-order valence-corrected chi connectivity index (χ2v) is 3.88. The van der Waals surface area contributed by atoms with Crippen molar-refractivity contribution in [2.75, 3.05) is 6.61 Å². The first kappa shape index (κ1) is 17.9. The molecule has 3 unspecified atom stereocenters. The Morgan fingerprint density at radius 3 is 2.05 bits per heavy atom. The van der Waals surface area contributed by atoms with Gasteiger partial charge in [0.25, 0.3) is 12.9 Å². The summed E-state index contributed by atoms with van der Waals surface area (Å²) in [6.45, 7) is 1.78. The first-order valence-corrected chi connectivity index (χ1v) is 5.59. The van der Waals surface area contributed by atoms with Gasteiger partial charge in [0.05, 0.1) is 5.57 Å². The molecule has 0 aliphatic carbocycles. The Kier molecular flexibility index (Phi) is 8.02. The molecule has 0 aromatic rings. The molecule has 0 aromatic heterocycles. The van der Waals surface area contributed by atoms with Gasteiger partial charge in [0.2, 0.25) is 0 Å². The summed E-state index contributed by atoms with van der Waals surface area (Å²) in [6.07, 6.45) is -3.74. The maximum Gasteiger partial charge on any atom is 0.293 e. The Bertz CT molecular complexity index is 384. The third-order valence-corrected chi connectivity index (χ3v) is 2.36. The highest BCUT2D eigenvalue weighted by Gasteiger charge is 2.29. The minimum Gasteiger partial charge on any atom is -0.465 e. The number of hydrogen-bond donors (Lipinski definition) is 2. The molecule has 8 heteroatoms. The fourth-order valence-corrected chi connectivity index (χ4v) is 1.44. The van der Waals surface area contributed by atoms with Crippen molar-refractivity contribution in [1.29, 1.82) is 0 Å². The topological polar surface area (TPSA) is 127 Å². The molecule has 0 spiro atoms. The second kappa shape index (κ2) is 8.94. The van der Waals surface area contributed by atoms with Gasteiger partial charge < -0.3 is 19.7 Å². The maximum atomic E-state index is 11.2. The molecule has 3 atom stereocenters. The van der Waals surface area contributed by atoms with Gasteiger partial charge in [-0.25, -0.2) is 0 Å². The highest BCUT2D eigenvalue weighted by molar-refractivity contribution is 6.18. The van der Waals surface area contributed by atoms with Gasteiger partial charge in [0.15, 0.2) is 17.7 Å². The van der Waals surface area contributed by atoms with Crippen molar-refractivity contribution < 1.29 is 38.9 Å². The molecule has 2 N–H and O–H groups in total. The molecule has 0 aliphatic heterocycles. The van der Waals surface area contributed by atoms with Crippen LogP contribution >= 0.6 is 0 Å². The van der Waals surface area contributed by atoms with Crippen LogP contribution in [0.25, 0.3) is 0 Å². The predicted octanol–water partition coefficient (Wildman–Crippen LogP) is -1.47. The van der Waals surface area contributed by atoms with E-state index in [-0.39, 0.29) is 18.5 Å². The monoisotopic (exact) mass is 288 g/mol. The number of allylic oxidation sites excluding steroid dienone is 1. The highest BCUT2D eigenvalue weighted by Crippen LogP contribution is 2.10. The summed E-state index contributed by atoms with van der Waals surface area (Å²) >= 11 is 0. The Balaban J connectivity index is 5.12. The van der Waals surface area contributed by atoms with E-state index in [0.29, 0.717) is 0 Å². The third-order valence-electron chi connectivity index (χ3n) is 2.36. The van der Waals surface area contributed by atoms with Crippen molar-refractivity contribution in [3.8, 4) is 0 Å². The first-order valence-electron chi connectivity index (χ1n) is 5.59. The van der Waals surface area contributed by atoms with Crippen LogP contribution in [0.3, 0.4) is 0 Å². The van der Waals surface area contributed by atoms with Gasteiger partial charge in [0.1, 0.15) is 18.8 Å². The zero-order valence-electron chi connectivity index (χ0n) is 11.0. The van der Waals surface area contributed by atoms with Gasteiger partial charge >= 0.3 is 0 Å². The number of hydrogen-bond acceptors (Lipinski definition) is 8. The molecule has 0 radical (unpaired) electrons. The van der Waals surface area contributed by atoms with Crippen LogP contribution < -0.4 is 0 Å². The molecule has 0 amide bonds. The molecule has 8 nitrogen and oxygen atoms in total. The number of aliphatic hydroxyl groups is 2. The summed E-state index contributed by atoms with van der Waals surface area (Å²) in [5.41, 5.74) is -0.291. The number of Topliss-reactive ketones (excluding diaryl/α,β-unsaturated/α-hetero) is 2. The molecule has 0 rings (SSSR count). The summed E-state index contributed by atoms with van der Waals surface area (Å²) in [6, 6.07) is 0. The summed E-state index contributed by atoms with van der Waals surface area (Å²) in [4.78, 5) is 42.7. The molecule has 0 fully saturated rings. The highest BCUT2D eigenvalue weighted by atomic mass is 16.6. The SMILES string of the molecule is CC(=O)C(=CC(O)C(OC=O)C(O)COC=O)C(C)=O. The van der Waals surface area contributed by atoms with E-state index in [2.05, 4.69) is 9.47 Å². The van der Waals surface area contributed by atoms with Gasteiger partial charge in [-0.2, -0.15) is 0 Å². The van der Waals surface area contributed by atoms with E-state index in [9.17, 15) is 29.4 Å². The lowest BCUT2D eigenvalue weighted by Crippen LogP contribution is -2.41. The minimum absolute atomic E-state index is 0.0208. The lowest BCUT2D eigenvalue weighted by atomic mass is 10.0. The average molecular weight is 288 g/mol. The van der Waals surface area contributed by atoms with Crippen molar-refractivity contribution in [2.24, 2.45) is 0 Å². The van der Waals surface area contributed by atoms with E-state index < -0.39 is 36.5 Å². The lowest BCUT2D eigenvalue weighted by Gasteiger charge is -2.23. The molecular weight excluding hydrogens is 272 g/mol. The van der Waals surface area contributed by atoms with Crippen molar-refractivity contribution >= 4 is 24.5 Å². The Hall–Kier alpha value is -2.06. The van der Waals surface area contributed by atoms with Crippen LogP contribution in [-0.4, -0.2) is 59.6 Å². The normalized spacial score (nSPS) is 14.4. The van der Waals surface area contributed by atoms with Gasteiger partial charge in [0, 0.05) is 0 Å². The van der Waals surface area contributed by atoms with Crippen molar-refractivity contribution in [1.82, 2.24) is 0 Å². The van der Waals surface area contributed by atoms with Crippen LogP contribution in [-0.2, 0) is 28.7 Å². The molecule has 0 aliphatic rings. The van der Waals surface area contributed by atoms with E-state index in [0.717, 1.165) is 19.9 Å². The molecule has 0 heterocycles. The molecule has 112 valence electrons. The minimum atomic E-state index is -1.62. The zero-order chi connectivity index (χ0) is 15.7. The van der Waals surface area contributed by atoms with Crippen LogP contribution in [0.2, 0.25) is 0 Å². The fourth-order valence-electron chi connectivity index (χ4n) is 1.44. The molecule has 0 bridgehead atoms. The summed E-state index contributed by atoms with van der Waals surface area (Å²) in [7, 11) is 0. The molecule has 0 saturated carbocycles. The van der Waals surface area contributed by atoms with E-state index in [4.69, 9.17) is 0 Å². The molecular formula is C12H16O8. The average Bonchev–Trinajstić information content (AvgIpc) is 2.38. The Morgan fingerprint density at radius 1 is 1.10 bits per heavy atom.